The van der Waals surface area contributed by atoms with E-state index < -0.39 is 14.9 Å². The molecule has 2 aliphatic carbocycles. The van der Waals surface area contributed by atoms with Crippen molar-refractivity contribution in [1.82, 2.24) is 15.0 Å². The summed E-state index contributed by atoms with van der Waals surface area (Å²) in [5.74, 6) is -0.110. The van der Waals surface area contributed by atoms with Crippen molar-refractivity contribution in [3.63, 3.8) is 0 Å². The minimum Gasteiger partial charge on any atom is -0.381 e. The molecule has 9 nitrogen and oxygen atoms in total. The number of pyridine rings is 1. The fourth-order valence-electron chi connectivity index (χ4n) is 4.40. The lowest BCUT2D eigenvalue weighted by atomic mass is 10.1. The van der Waals surface area contributed by atoms with Crippen LogP contribution in [0.4, 0.5) is 5.69 Å². The van der Waals surface area contributed by atoms with Crippen molar-refractivity contribution >= 4 is 15.7 Å². The fourth-order valence-corrected chi connectivity index (χ4v) is 5.53. The molecule has 0 bridgehead atoms. The fraction of sp³-hybridized carbons (Fsp3) is 0.667. The monoisotopic (exact) mass is 451 g/mol. The number of rotatable bonds is 8. The van der Waals surface area contributed by atoms with Crippen LogP contribution in [0.1, 0.15) is 77.0 Å². The average molecular weight is 452 g/mol. The summed E-state index contributed by atoms with van der Waals surface area (Å²) in [6.45, 7) is 0. The Kier molecular flexibility index (Phi) is 8.51. The highest BCUT2D eigenvalue weighted by Gasteiger charge is 2.24. The van der Waals surface area contributed by atoms with Gasteiger partial charge in [0.05, 0.1) is 10.6 Å². The standard InChI is InChI=1S/C21H33N5O4S/c27-26(28)16-21(24-18-11-7-3-4-8-12-18)25-31(29,30)20-15-22-14-13-19(20)23-17-9-5-1-2-6-10-17/h13-18,24-25H,1-12H2,(H,22,23)/b21-16+. The van der Waals surface area contributed by atoms with Crippen molar-refractivity contribution in [2.45, 2.75) is 94.0 Å². The molecule has 31 heavy (non-hydrogen) atoms. The van der Waals surface area contributed by atoms with Crippen molar-refractivity contribution in [3.8, 4) is 0 Å². The summed E-state index contributed by atoms with van der Waals surface area (Å²) in [5.41, 5.74) is 0.476. The molecule has 0 aliphatic heterocycles. The van der Waals surface area contributed by atoms with Crippen LogP contribution in [0.2, 0.25) is 0 Å². The van der Waals surface area contributed by atoms with E-state index in [1.165, 1.54) is 19.0 Å². The molecule has 2 saturated carbocycles. The van der Waals surface area contributed by atoms with Gasteiger partial charge >= 0.3 is 0 Å². The molecule has 1 aromatic rings. The number of nitrogens with one attached hydrogen (secondary N) is 3. The summed E-state index contributed by atoms with van der Waals surface area (Å²) in [6, 6.07) is 1.86. The topological polar surface area (TPSA) is 126 Å². The van der Waals surface area contributed by atoms with E-state index in [1.807, 2.05) is 0 Å². The summed E-state index contributed by atoms with van der Waals surface area (Å²) in [5, 5.41) is 17.6. The molecule has 10 heteroatoms. The highest BCUT2D eigenvalue weighted by molar-refractivity contribution is 7.89. The highest BCUT2D eigenvalue weighted by Crippen LogP contribution is 2.26. The van der Waals surface area contributed by atoms with Crippen molar-refractivity contribution in [2.24, 2.45) is 0 Å². The molecule has 0 spiro atoms. The van der Waals surface area contributed by atoms with E-state index >= 15 is 0 Å². The van der Waals surface area contributed by atoms with Gasteiger partial charge in [0, 0.05) is 24.5 Å². The average Bonchev–Trinajstić information content (AvgIpc) is 3.12. The van der Waals surface area contributed by atoms with E-state index in [2.05, 4.69) is 20.3 Å². The van der Waals surface area contributed by atoms with E-state index in [9.17, 15) is 18.5 Å². The van der Waals surface area contributed by atoms with E-state index in [1.54, 1.807) is 12.3 Å². The number of aromatic nitrogens is 1. The first-order valence-corrected chi connectivity index (χ1v) is 12.8. The minimum atomic E-state index is -4.07. The number of hydrogen-bond donors (Lipinski definition) is 3. The van der Waals surface area contributed by atoms with Gasteiger partial charge in [-0.25, -0.2) is 8.42 Å². The molecule has 0 unspecified atom stereocenters. The molecule has 172 valence electrons. The second-order valence-corrected chi connectivity index (χ2v) is 10.1. The first-order chi connectivity index (χ1) is 14.9. The Bertz CT molecular complexity index is 858. The zero-order valence-corrected chi connectivity index (χ0v) is 18.7. The van der Waals surface area contributed by atoms with Gasteiger partial charge in [0.15, 0.2) is 5.82 Å². The quantitative estimate of drug-likeness (QED) is 0.311. The second-order valence-electron chi connectivity index (χ2n) is 8.47. The number of anilines is 1. The third-order valence-electron chi connectivity index (χ3n) is 5.98. The third kappa shape index (κ3) is 7.37. The first kappa shape index (κ1) is 23.3. The van der Waals surface area contributed by atoms with Crippen molar-refractivity contribution < 1.29 is 13.3 Å². The molecular formula is C21H33N5O4S. The van der Waals surface area contributed by atoms with Gasteiger partial charge in [-0.05, 0) is 31.7 Å². The van der Waals surface area contributed by atoms with Crippen LogP contribution >= 0.6 is 0 Å². The summed E-state index contributed by atoms with van der Waals surface area (Å²) in [6.07, 6.45) is 16.2. The first-order valence-electron chi connectivity index (χ1n) is 11.3. The van der Waals surface area contributed by atoms with Crippen molar-refractivity contribution in [1.29, 1.82) is 0 Å². The van der Waals surface area contributed by atoms with Gasteiger partial charge in [0.25, 0.3) is 16.2 Å². The Labute approximate surface area is 184 Å². The SMILES string of the molecule is O=[N+]([O-])/C=C(\NC1CCCCCC1)NS(=O)(=O)c1cnccc1NC1CCCCCC1. The van der Waals surface area contributed by atoms with Gasteiger partial charge in [-0.15, -0.1) is 0 Å². The van der Waals surface area contributed by atoms with Gasteiger partial charge in [-0.2, -0.15) is 0 Å². The smallest absolute Gasteiger partial charge is 0.275 e. The van der Waals surface area contributed by atoms with Gasteiger partial charge < -0.3 is 10.6 Å². The molecular weight excluding hydrogens is 418 g/mol. The summed E-state index contributed by atoms with van der Waals surface area (Å²) in [7, 11) is -4.07. The lowest BCUT2D eigenvalue weighted by Gasteiger charge is -2.22. The Morgan fingerprint density at radius 1 is 1.00 bits per heavy atom. The molecule has 1 aromatic heterocycles. The molecule has 3 N–H and O–H groups in total. The summed E-state index contributed by atoms with van der Waals surface area (Å²) in [4.78, 5) is 14.5. The van der Waals surface area contributed by atoms with Crippen LogP contribution in [0, 0.1) is 10.1 Å². The lowest BCUT2D eigenvalue weighted by molar-refractivity contribution is -0.404. The minimum absolute atomic E-state index is 0.00355. The number of sulfonamides is 1. The molecule has 1 heterocycles. The Balaban J connectivity index is 1.77. The molecule has 2 aliphatic rings. The molecule has 0 atom stereocenters. The van der Waals surface area contributed by atoms with Gasteiger partial charge in [0.2, 0.25) is 0 Å². The molecule has 0 amide bonds. The van der Waals surface area contributed by atoms with Crippen LogP contribution in [0.5, 0.6) is 0 Å². The normalized spacial score (nSPS) is 19.8. The van der Waals surface area contributed by atoms with Crippen LogP contribution in [0.3, 0.4) is 0 Å². The Morgan fingerprint density at radius 3 is 2.16 bits per heavy atom. The molecule has 3 rings (SSSR count). The van der Waals surface area contributed by atoms with Crippen LogP contribution in [-0.4, -0.2) is 30.4 Å². The van der Waals surface area contributed by atoms with Crippen molar-refractivity contribution in [2.75, 3.05) is 5.32 Å². The van der Waals surface area contributed by atoms with Crippen LogP contribution < -0.4 is 15.4 Å². The molecule has 0 radical (unpaired) electrons. The van der Waals surface area contributed by atoms with E-state index in [0.29, 0.717) is 11.9 Å². The van der Waals surface area contributed by atoms with Gasteiger partial charge in [0.1, 0.15) is 4.90 Å². The zero-order valence-electron chi connectivity index (χ0n) is 17.9. The predicted molar refractivity (Wildman–Crippen MR) is 119 cm³/mol. The van der Waals surface area contributed by atoms with Crippen molar-refractivity contribution in [3.05, 3.63) is 40.6 Å². The summed E-state index contributed by atoms with van der Waals surface area (Å²) < 4.78 is 28.7. The third-order valence-corrected chi connectivity index (χ3v) is 7.38. The predicted octanol–water partition coefficient (Wildman–Crippen LogP) is 3.88. The lowest BCUT2D eigenvalue weighted by Crippen LogP contribution is -2.38. The Morgan fingerprint density at radius 2 is 1.58 bits per heavy atom. The maximum Gasteiger partial charge on any atom is 0.275 e. The zero-order chi connectivity index (χ0) is 22.1. The Hall–Kier alpha value is -2.36. The summed E-state index contributed by atoms with van der Waals surface area (Å²) >= 11 is 0. The van der Waals surface area contributed by atoms with Crippen LogP contribution in [0.15, 0.2) is 35.4 Å². The second kappa shape index (κ2) is 11.3. The van der Waals surface area contributed by atoms with E-state index in [4.69, 9.17) is 0 Å². The van der Waals surface area contributed by atoms with E-state index in [0.717, 1.165) is 64.2 Å². The van der Waals surface area contributed by atoms with Gasteiger partial charge in [-0.1, -0.05) is 51.4 Å². The number of nitro groups is 1. The van der Waals surface area contributed by atoms with Crippen LogP contribution in [0.25, 0.3) is 0 Å². The maximum atomic E-state index is 13.2. The molecule has 2 fully saturated rings. The molecule has 0 aromatic carbocycles. The molecule has 0 saturated heterocycles. The van der Waals surface area contributed by atoms with Gasteiger partial charge in [-0.3, -0.25) is 19.8 Å². The van der Waals surface area contributed by atoms with Crippen LogP contribution in [-0.2, 0) is 10.0 Å². The highest BCUT2D eigenvalue weighted by atomic mass is 32.2. The maximum absolute atomic E-state index is 13.2. The largest absolute Gasteiger partial charge is 0.381 e. The number of hydrogen-bond acceptors (Lipinski definition) is 7. The van der Waals surface area contributed by atoms with E-state index in [-0.39, 0.29) is 22.8 Å². The number of nitrogens with zero attached hydrogens (tertiary/aromatic N) is 2.